The minimum Gasteiger partial charge on any atom is -0.633 e. The summed E-state index contributed by atoms with van der Waals surface area (Å²) in [6.45, 7) is 1.96. The molecule has 2 aromatic heterocycles. The van der Waals surface area contributed by atoms with Crippen LogP contribution in [0.2, 0.25) is 0 Å². The van der Waals surface area contributed by atoms with Crippen molar-refractivity contribution in [2.45, 2.75) is 19.4 Å². The number of aromatic nitrogens is 2. The van der Waals surface area contributed by atoms with Crippen LogP contribution >= 0.6 is 11.3 Å². The summed E-state index contributed by atoms with van der Waals surface area (Å²) in [6, 6.07) is 14.0. The summed E-state index contributed by atoms with van der Waals surface area (Å²) in [6.07, 6.45) is 3.81. The lowest BCUT2D eigenvalue weighted by Gasteiger charge is -2.38. The van der Waals surface area contributed by atoms with E-state index in [1.807, 2.05) is 47.8 Å². The summed E-state index contributed by atoms with van der Waals surface area (Å²) < 4.78 is -0.112. The molecule has 128 valence electrons. The molecule has 1 saturated heterocycles. The maximum absolute atomic E-state index is 12.6. The van der Waals surface area contributed by atoms with Gasteiger partial charge in [-0.15, -0.1) is 11.3 Å². The fraction of sp³-hybridized carbons (Fsp3) is 0.263. The minimum atomic E-state index is -0.112. The van der Waals surface area contributed by atoms with E-state index in [1.54, 1.807) is 17.5 Å². The van der Waals surface area contributed by atoms with Crippen LogP contribution in [0.1, 0.15) is 18.4 Å². The summed E-state index contributed by atoms with van der Waals surface area (Å²) in [5.41, 5.74) is 3.07. The molecule has 3 heterocycles. The van der Waals surface area contributed by atoms with Gasteiger partial charge in [0.1, 0.15) is 12.4 Å². The molecule has 3 aromatic rings. The van der Waals surface area contributed by atoms with Crippen molar-refractivity contribution < 1.29 is 4.65 Å². The molecule has 25 heavy (non-hydrogen) atoms. The van der Waals surface area contributed by atoms with Crippen LogP contribution in [0.15, 0.2) is 54.0 Å². The molecule has 0 spiro atoms. The number of nitrogens with zero attached hydrogens (tertiary/aromatic N) is 3. The molecule has 0 radical (unpaired) electrons. The molecular formula is C19H20N4OS. The van der Waals surface area contributed by atoms with E-state index in [-0.39, 0.29) is 4.65 Å². The van der Waals surface area contributed by atoms with Gasteiger partial charge in [-0.2, -0.15) is 0 Å². The van der Waals surface area contributed by atoms with Gasteiger partial charge in [0.2, 0.25) is 0 Å². The highest BCUT2D eigenvalue weighted by molar-refractivity contribution is 7.14. The van der Waals surface area contributed by atoms with Gasteiger partial charge in [0.05, 0.1) is 18.8 Å². The monoisotopic (exact) mass is 352 g/mol. The Labute approximate surface area is 151 Å². The molecule has 0 bridgehead atoms. The van der Waals surface area contributed by atoms with Gasteiger partial charge < -0.3 is 15.2 Å². The summed E-state index contributed by atoms with van der Waals surface area (Å²) in [7, 11) is 0. The minimum absolute atomic E-state index is 0.112. The molecule has 6 heteroatoms. The quantitative estimate of drug-likeness (QED) is 0.540. The van der Waals surface area contributed by atoms with E-state index >= 15 is 0 Å². The number of hydroxylamine groups is 3. The van der Waals surface area contributed by atoms with Gasteiger partial charge in [-0.3, -0.25) is 0 Å². The van der Waals surface area contributed by atoms with Gasteiger partial charge in [-0.25, -0.2) is 9.97 Å². The molecule has 0 atom stereocenters. The first kappa shape index (κ1) is 16.2. The van der Waals surface area contributed by atoms with Crippen molar-refractivity contribution in [2.75, 3.05) is 18.4 Å². The van der Waals surface area contributed by atoms with Crippen molar-refractivity contribution in [2.24, 2.45) is 0 Å². The Hall–Kier alpha value is -2.28. The molecule has 1 aromatic carbocycles. The van der Waals surface area contributed by atoms with Crippen LogP contribution in [-0.2, 0) is 6.54 Å². The Morgan fingerprint density at radius 1 is 1.12 bits per heavy atom. The number of benzene rings is 1. The Bertz CT molecular complexity index is 843. The molecule has 4 rings (SSSR count). The third-order valence-electron chi connectivity index (χ3n) is 4.49. The molecule has 1 N–H and O–H groups in total. The zero-order valence-corrected chi connectivity index (χ0v) is 14.7. The number of rotatable bonds is 5. The normalized spacial score (nSPS) is 16.0. The summed E-state index contributed by atoms with van der Waals surface area (Å²) in [5.74, 6) is 0.734. The molecule has 1 fully saturated rings. The number of likely N-dealkylation sites (tertiary alicyclic amines) is 1. The second kappa shape index (κ2) is 6.92. The standard InChI is InChI=1S/C19H20N4OS/c24-23(10-4-5-11-23)13-15-8-9-20-18(12-15)22-19-21-17(14-25-19)16-6-2-1-3-7-16/h1-3,6-9,12,14H,4-5,10-11,13H2,(H,20,21,22). The molecule has 0 amide bonds. The summed E-state index contributed by atoms with van der Waals surface area (Å²) in [4.78, 5) is 8.98. The predicted octanol–water partition coefficient (Wildman–Crippen LogP) is 4.56. The fourth-order valence-corrected chi connectivity index (χ4v) is 3.95. The van der Waals surface area contributed by atoms with Gasteiger partial charge in [-0.1, -0.05) is 30.3 Å². The number of quaternary nitrogens is 1. The number of hydrogen-bond donors (Lipinski definition) is 1. The van der Waals surface area contributed by atoms with Gasteiger partial charge in [0.25, 0.3) is 0 Å². The average molecular weight is 352 g/mol. The topological polar surface area (TPSA) is 60.9 Å². The van der Waals surface area contributed by atoms with Crippen molar-refractivity contribution >= 4 is 22.3 Å². The molecule has 5 nitrogen and oxygen atoms in total. The first-order chi connectivity index (χ1) is 12.2. The summed E-state index contributed by atoms with van der Waals surface area (Å²) >= 11 is 1.55. The van der Waals surface area contributed by atoms with Crippen molar-refractivity contribution in [3.8, 4) is 11.3 Å². The van der Waals surface area contributed by atoms with Gasteiger partial charge in [-0.05, 0) is 12.1 Å². The molecule has 1 aliphatic rings. The zero-order valence-electron chi connectivity index (χ0n) is 13.9. The largest absolute Gasteiger partial charge is 0.633 e. The molecule has 1 aliphatic heterocycles. The maximum atomic E-state index is 12.6. The highest BCUT2D eigenvalue weighted by atomic mass is 32.1. The number of thiazole rings is 1. The zero-order chi connectivity index (χ0) is 17.1. The Balaban J connectivity index is 1.48. The number of nitrogens with one attached hydrogen (secondary N) is 1. The maximum Gasteiger partial charge on any atom is 0.188 e. The predicted molar refractivity (Wildman–Crippen MR) is 101 cm³/mol. The van der Waals surface area contributed by atoms with E-state index in [4.69, 9.17) is 0 Å². The van der Waals surface area contributed by atoms with Crippen molar-refractivity contribution in [1.29, 1.82) is 0 Å². The third-order valence-corrected chi connectivity index (χ3v) is 5.24. The molecular weight excluding hydrogens is 332 g/mol. The van der Waals surface area contributed by atoms with E-state index in [2.05, 4.69) is 15.3 Å². The van der Waals surface area contributed by atoms with E-state index in [0.717, 1.165) is 53.7 Å². The molecule has 0 unspecified atom stereocenters. The molecule has 0 saturated carbocycles. The van der Waals surface area contributed by atoms with Gasteiger partial charge in [0.15, 0.2) is 5.13 Å². The van der Waals surface area contributed by atoms with Crippen LogP contribution < -0.4 is 5.32 Å². The number of hydrogen-bond acceptors (Lipinski definition) is 5. The first-order valence-electron chi connectivity index (χ1n) is 8.50. The highest BCUT2D eigenvalue weighted by Crippen LogP contribution is 2.27. The Kier molecular flexibility index (Phi) is 4.48. The van der Waals surface area contributed by atoms with E-state index in [1.165, 1.54) is 0 Å². The highest BCUT2D eigenvalue weighted by Gasteiger charge is 2.23. The number of anilines is 2. The Morgan fingerprint density at radius 3 is 2.72 bits per heavy atom. The second-order valence-electron chi connectivity index (χ2n) is 6.45. The lowest BCUT2D eigenvalue weighted by molar-refractivity contribution is -0.881. The fourth-order valence-electron chi connectivity index (χ4n) is 3.23. The number of pyridine rings is 1. The van der Waals surface area contributed by atoms with E-state index < -0.39 is 0 Å². The van der Waals surface area contributed by atoms with Crippen LogP contribution in [0.5, 0.6) is 0 Å². The first-order valence-corrected chi connectivity index (χ1v) is 9.38. The lowest BCUT2D eigenvalue weighted by atomic mass is 10.2. The van der Waals surface area contributed by atoms with Crippen molar-refractivity contribution in [3.05, 3.63) is 64.8 Å². The second-order valence-corrected chi connectivity index (χ2v) is 7.31. The smallest absolute Gasteiger partial charge is 0.188 e. The van der Waals surface area contributed by atoms with Gasteiger partial charge in [0, 0.05) is 35.5 Å². The summed E-state index contributed by atoms with van der Waals surface area (Å²) in [5, 5.41) is 18.7. The van der Waals surface area contributed by atoms with E-state index in [9.17, 15) is 5.21 Å². The van der Waals surface area contributed by atoms with Crippen LogP contribution in [0, 0.1) is 5.21 Å². The van der Waals surface area contributed by atoms with Crippen LogP contribution in [0.25, 0.3) is 11.3 Å². The van der Waals surface area contributed by atoms with Gasteiger partial charge >= 0.3 is 0 Å². The van der Waals surface area contributed by atoms with E-state index in [0.29, 0.717) is 6.54 Å². The Morgan fingerprint density at radius 2 is 1.92 bits per heavy atom. The van der Waals surface area contributed by atoms with Crippen LogP contribution in [0.4, 0.5) is 10.9 Å². The lowest BCUT2D eigenvalue weighted by Crippen LogP contribution is -2.37. The average Bonchev–Trinajstić information content (AvgIpc) is 3.25. The van der Waals surface area contributed by atoms with Crippen molar-refractivity contribution in [1.82, 2.24) is 9.97 Å². The third kappa shape index (κ3) is 3.87. The van der Waals surface area contributed by atoms with Crippen LogP contribution in [-0.4, -0.2) is 27.7 Å². The van der Waals surface area contributed by atoms with Crippen LogP contribution in [0.3, 0.4) is 0 Å². The molecule has 0 aliphatic carbocycles. The SMILES string of the molecule is [O-][N+]1(Cc2ccnc(Nc3nc(-c4ccccc4)cs3)c2)CCCC1. The van der Waals surface area contributed by atoms with Crippen molar-refractivity contribution in [3.63, 3.8) is 0 Å².